The van der Waals surface area contributed by atoms with Gasteiger partial charge in [0.1, 0.15) is 5.75 Å². The van der Waals surface area contributed by atoms with Crippen molar-refractivity contribution in [2.45, 2.75) is 25.6 Å². The Kier molecular flexibility index (Phi) is 4.43. The predicted molar refractivity (Wildman–Crippen MR) is 79.4 cm³/mol. The van der Waals surface area contributed by atoms with Crippen molar-refractivity contribution in [1.82, 2.24) is 0 Å². The largest absolute Gasteiger partial charge is 0.493 e. The Labute approximate surface area is 118 Å². The van der Waals surface area contributed by atoms with Gasteiger partial charge in [0.25, 0.3) is 0 Å². The van der Waals surface area contributed by atoms with Crippen LogP contribution in [0.4, 0.5) is 0 Å². The van der Waals surface area contributed by atoms with Crippen molar-refractivity contribution in [2.75, 3.05) is 6.61 Å². The van der Waals surface area contributed by atoms with Gasteiger partial charge in [0.05, 0.1) is 12.0 Å². The van der Waals surface area contributed by atoms with E-state index in [1.165, 1.54) is 0 Å². The van der Waals surface area contributed by atoms with Crippen LogP contribution < -0.4 is 4.74 Å². The third-order valence-electron chi connectivity index (χ3n) is 2.97. The van der Waals surface area contributed by atoms with Crippen molar-refractivity contribution < 1.29 is 9.53 Å². The van der Waals surface area contributed by atoms with E-state index in [2.05, 4.69) is 6.92 Å². The van der Waals surface area contributed by atoms with E-state index in [4.69, 9.17) is 16.3 Å². The first kappa shape index (κ1) is 13.9. The summed E-state index contributed by atoms with van der Waals surface area (Å²) in [5, 5.41) is 1.33. The maximum Gasteiger partial charge on any atom is 0.181 e. The zero-order valence-electron chi connectivity index (χ0n) is 11.2. The highest BCUT2D eigenvalue weighted by Crippen LogP contribution is 2.29. The number of carbonyl (C=O) groups excluding carboxylic acids is 1. The molecule has 0 N–H and O–H groups in total. The summed E-state index contributed by atoms with van der Waals surface area (Å²) in [6.07, 6.45) is 0.952. The van der Waals surface area contributed by atoms with Gasteiger partial charge in [-0.3, -0.25) is 4.79 Å². The van der Waals surface area contributed by atoms with Crippen molar-refractivity contribution >= 4 is 28.2 Å². The lowest BCUT2D eigenvalue weighted by Gasteiger charge is -2.12. The molecule has 3 heteroatoms. The van der Waals surface area contributed by atoms with E-state index in [0.717, 1.165) is 22.9 Å². The molecule has 0 saturated heterocycles. The van der Waals surface area contributed by atoms with E-state index in [0.29, 0.717) is 12.2 Å². The monoisotopic (exact) mass is 276 g/mol. The minimum atomic E-state index is -0.522. The lowest BCUT2D eigenvalue weighted by molar-refractivity contribution is 0.0993. The summed E-state index contributed by atoms with van der Waals surface area (Å²) >= 11 is 5.91. The van der Waals surface area contributed by atoms with E-state index < -0.39 is 5.38 Å². The third kappa shape index (κ3) is 2.90. The van der Waals surface area contributed by atoms with Crippen molar-refractivity contribution in [2.24, 2.45) is 0 Å². The van der Waals surface area contributed by atoms with Crippen molar-refractivity contribution in [1.29, 1.82) is 0 Å². The van der Waals surface area contributed by atoms with Crippen LogP contribution in [0.15, 0.2) is 36.4 Å². The van der Waals surface area contributed by atoms with Crippen LogP contribution in [0.2, 0.25) is 0 Å². The molecule has 2 aromatic rings. The second-order valence-corrected chi connectivity index (χ2v) is 5.14. The number of carbonyl (C=O) groups is 1. The summed E-state index contributed by atoms with van der Waals surface area (Å²) in [6, 6.07) is 11.4. The molecule has 0 aromatic heterocycles. The Morgan fingerprint density at radius 1 is 1.21 bits per heavy atom. The molecule has 2 rings (SSSR count). The van der Waals surface area contributed by atoms with E-state index in [1.54, 1.807) is 13.0 Å². The van der Waals surface area contributed by atoms with E-state index in [-0.39, 0.29) is 5.78 Å². The number of fused-ring (bicyclic) bond motifs is 1. The summed E-state index contributed by atoms with van der Waals surface area (Å²) in [5.41, 5.74) is 0.655. The fourth-order valence-corrected chi connectivity index (χ4v) is 2.16. The van der Waals surface area contributed by atoms with Crippen molar-refractivity contribution in [3.8, 4) is 5.75 Å². The molecule has 1 atom stereocenters. The van der Waals surface area contributed by atoms with Gasteiger partial charge < -0.3 is 4.74 Å². The molecule has 0 radical (unpaired) electrons. The summed E-state index contributed by atoms with van der Waals surface area (Å²) in [4.78, 5) is 12.1. The zero-order chi connectivity index (χ0) is 13.8. The number of ether oxygens (including phenoxy) is 1. The topological polar surface area (TPSA) is 26.3 Å². The van der Waals surface area contributed by atoms with Crippen LogP contribution in [0, 0.1) is 0 Å². The molecule has 0 aliphatic carbocycles. The van der Waals surface area contributed by atoms with Gasteiger partial charge in [-0.05, 0) is 30.9 Å². The number of Topliss-reactive ketones (excluding diaryl/α,β-unsaturated/α-hetero) is 1. The highest BCUT2D eigenvalue weighted by atomic mass is 35.5. The van der Waals surface area contributed by atoms with Crippen LogP contribution in [0.3, 0.4) is 0 Å². The highest BCUT2D eigenvalue weighted by Gasteiger charge is 2.16. The fraction of sp³-hybridized carbons (Fsp3) is 0.312. The molecule has 100 valence electrons. The van der Waals surface area contributed by atoms with Gasteiger partial charge in [0.2, 0.25) is 0 Å². The Balaban J connectivity index is 2.55. The molecule has 19 heavy (non-hydrogen) atoms. The molecule has 1 unspecified atom stereocenters. The Bertz CT molecular complexity index is 590. The smallest absolute Gasteiger partial charge is 0.181 e. The molecule has 0 amide bonds. The molecule has 2 aromatic carbocycles. The summed E-state index contributed by atoms with van der Waals surface area (Å²) in [7, 11) is 0. The van der Waals surface area contributed by atoms with Gasteiger partial charge in [-0.1, -0.05) is 31.2 Å². The number of alkyl halides is 1. The van der Waals surface area contributed by atoms with Crippen LogP contribution in [-0.4, -0.2) is 17.8 Å². The Morgan fingerprint density at radius 2 is 1.89 bits per heavy atom. The molecule has 0 spiro atoms. The van der Waals surface area contributed by atoms with Gasteiger partial charge in [-0.2, -0.15) is 0 Å². The zero-order valence-corrected chi connectivity index (χ0v) is 11.9. The molecule has 0 bridgehead atoms. The summed E-state index contributed by atoms with van der Waals surface area (Å²) < 4.78 is 5.72. The summed E-state index contributed by atoms with van der Waals surface area (Å²) in [5.74, 6) is 0.760. The molecule has 0 fully saturated rings. The maximum atomic E-state index is 12.1. The number of halogens is 1. The lowest BCUT2D eigenvalue weighted by Crippen LogP contribution is -2.11. The Morgan fingerprint density at radius 3 is 2.53 bits per heavy atom. The minimum absolute atomic E-state index is 0.0556. The first-order valence-corrected chi connectivity index (χ1v) is 6.91. The van der Waals surface area contributed by atoms with E-state index in [9.17, 15) is 4.79 Å². The molecule has 0 heterocycles. The van der Waals surface area contributed by atoms with Gasteiger partial charge in [-0.25, -0.2) is 0 Å². The van der Waals surface area contributed by atoms with Gasteiger partial charge in [0, 0.05) is 10.9 Å². The number of rotatable bonds is 5. The van der Waals surface area contributed by atoms with Gasteiger partial charge in [-0.15, -0.1) is 11.6 Å². The Hall–Kier alpha value is -1.54. The van der Waals surface area contributed by atoms with Crippen LogP contribution in [0.5, 0.6) is 5.75 Å². The van der Waals surface area contributed by atoms with Crippen LogP contribution in [0.25, 0.3) is 10.8 Å². The van der Waals surface area contributed by atoms with Gasteiger partial charge in [0.15, 0.2) is 5.78 Å². The first-order chi connectivity index (χ1) is 9.15. The normalized spacial score (nSPS) is 12.4. The fourth-order valence-electron chi connectivity index (χ4n) is 2.04. The van der Waals surface area contributed by atoms with Crippen LogP contribution in [0.1, 0.15) is 30.6 Å². The van der Waals surface area contributed by atoms with Gasteiger partial charge >= 0.3 is 0 Å². The second-order valence-electron chi connectivity index (χ2n) is 4.49. The molecule has 0 aliphatic rings. The van der Waals surface area contributed by atoms with E-state index in [1.807, 2.05) is 30.3 Å². The molecule has 0 saturated carbocycles. The SMILES string of the molecule is CCCOc1ccc(C(=O)C(C)Cl)c2ccccc12. The maximum absolute atomic E-state index is 12.1. The quantitative estimate of drug-likeness (QED) is 0.596. The number of hydrogen-bond acceptors (Lipinski definition) is 2. The lowest BCUT2D eigenvalue weighted by atomic mass is 9.99. The van der Waals surface area contributed by atoms with Crippen LogP contribution in [-0.2, 0) is 0 Å². The third-order valence-corrected chi connectivity index (χ3v) is 3.17. The molecular formula is C16H17ClO2. The number of hydrogen-bond donors (Lipinski definition) is 0. The number of ketones is 1. The average molecular weight is 277 g/mol. The highest BCUT2D eigenvalue weighted by molar-refractivity contribution is 6.35. The summed E-state index contributed by atoms with van der Waals surface area (Å²) in [6.45, 7) is 4.43. The number of benzene rings is 2. The molecule has 2 nitrogen and oxygen atoms in total. The standard InChI is InChI=1S/C16H17ClO2/c1-3-10-19-15-9-8-14(16(18)11(2)17)12-6-4-5-7-13(12)15/h4-9,11H,3,10H2,1-2H3. The molecule has 0 aliphatic heterocycles. The van der Waals surface area contributed by atoms with Crippen LogP contribution >= 0.6 is 11.6 Å². The van der Waals surface area contributed by atoms with E-state index >= 15 is 0 Å². The minimum Gasteiger partial charge on any atom is -0.493 e. The van der Waals surface area contributed by atoms with Crippen molar-refractivity contribution in [3.05, 3.63) is 42.0 Å². The first-order valence-electron chi connectivity index (χ1n) is 6.48. The predicted octanol–water partition coefficient (Wildman–Crippen LogP) is 4.44. The second kappa shape index (κ2) is 6.07. The van der Waals surface area contributed by atoms with Crippen molar-refractivity contribution in [3.63, 3.8) is 0 Å². The molecular weight excluding hydrogens is 260 g/mol. The average Bonchev–Trinajstić information content (AvgIpc) is 2.43.